The van der Waals surface area contributed by atoms with E-state index in [9.17, 15) is 4.79 Å². The maximum Gasteiger partial charge on any atom is 0.260 e. The minimum absolute atomic E-state index is 0.0588. The van der Waals surface area contributed by atoms with E-state index in [1.165, 1.54) is 0 Å². The Morgan fingerprint density at radius 1 is 1.18 bits per heavy atom. The summed E-state index contributed by atoms with van der Waals surface area (Å²) in [6, 6.07) is 5.59. The summed E-state index contributed by atoms with van der Waals surface area (Å²) in [5, 5.41) is 0.846. The highest BCUT2D eigenvalue weighted by Gasteiger charge is 2.25. The third kappa shape index (κ3) is 3.21. The SMILES string of the molecule is COc1ccc(-c2cc3c(C)nc(N)nc3n([C@H]3CC[C@H](C)CC3)c2=O)cn1. The van der Waals surface area contributed by atoms with E-state index in [-0.39, 0.29) is 17.5 Å². The van der Waals surface area contributed by atoms with E-state index < -0.39 is 0 Å². The molecule has 0 radical (unpaired) electrons. The lowest BCUT2D eigenvalue weighted by Crippen LogP contribution is -2.30. The van der Waals surface area contributed by atoms with Crippen LogP contribution in [-0.4, -0.2) is 26.6 Å². The van der Waals surface area contributed by atoms with Gasteiger partial charge in [-0.05, 0) is 50.7 Å². The summed E-state index contributed by atoms with van der Waals surface area (Å²) in [5.41, 5.74) is 8.59. The molecule has 1 saturated carbocycles. The summed E-state index contributed by atoms with van der Waals surface area (Å²) in [7, 11) is 1.57. The Kier molecular flexibility index (Phi) is 4.75. The summed E-state index contributed by atoms with van der Waals surface area (Å²) in [5.74, 6) is 1.40. The van der Waals surface area contributed by atoms with Gasteiger partial charge in [0.15, 0.2) is 0 Å². The van der Waals surface area contributed by atoms with E-state index in [0.717, 1.165) is 42.3 Å². The van der Waals surface area contributed by atoms with Gasteiger partial charge >= 0.3 is 0 Å². The van der Waals surface area contributed by atoms with Gasteiger partial charge in [0.1, 0.15) is 5.65 Å². The van der Waals surface area contributed by atoms with Crippen molar-refractivity contribution < 1.29 is 4.74 Å². The molecule has 7 heteroatoms. The first-order valence-electron chi connectivity index (χ1n) is 9.67. The molecule has 1 aliphatic carbocycles. The Hall–Kier alpha value is -2.96. The van der Waals surface area contributed by atoms with Crippen molar-refractivity contribution in [3.63, 3.8) is 0 Å². The number of rotatable bonds is 3. The maximum atomic E-state index is 13.5. The zero-order valence-electron chi connectivity index (χ0n) is 16.5. The third-order valence-electron chi connectivity index (χ3n) is 5.71. The van der Waals surface area contributed by atoms with Gasteiger partial charge in [-0.1, -0.05) is 6.92 Å². The molecule has 0 bridgehead atoms. The predicted octanol–water partition coefficient (Wildman–Crippen LogP) is 3.50. The van der Waals surface area contributed by atoms with Gasteiger partial charge in [-0.2, -0.15) is 4.98 Å². The first-order valence-corrected chi connectivity index (χ1v) is 9.67. The molecule has 0 saturated heterocycles. The smallest absolute Gasteiger partial charge is 0.260 e. The summed E-state index contributed by atoms with van der Waals surface area (Å²) >= 11 is 0. The molecule has 0 aromatic carbocycles. The average Bonchev–Trinajstić information content (AvgIpc) is 2.69. The van der Waals surface area contributed by atoms with Crippen LogP contribution in [0.1, 0.15) is 44.3 Å². The molecule has 146 valence electrons. The number of nitrogens with zero attached hydrogens (tertiary/aromatic N) is 4. The molecule has 2 N–H and O–H groups in total. The van der Waals surface area contributed by atoms with Crippen molar-refractivity contribution in [3.8, 4) is 17.0 Å². The van der Waals surface area contributed by atoms with Crippen LogP contribution in [0, 0.1) is 12.8 Å². The summed E-state index contributed by atoms with van der Waals surface area (Å²) in [6.07, 6.45) is 5.80. The van der Waals surface area contributed by atoms with Crippen LogP contribution < -0.4 is 16.0 Å². The van der Waals surface area contributed by atoms with Gasteiger partial charge < -0.3 is 10.5 Å². The Labute approximate surface area is 163 Å². The standard InChI is InChI=1S/C21H25N5O2/c1-12-4-7-15(8-5-12)26-19-16(13(2)24-21(22)25-19)10-17(20(26)27)14-6-9-18(28-3)23-11-14/h6,9-12,15H,4-5,7-8H2,1-3H3,(H2,22,24,25)/t12-,15-. The molecule has 0 amide bonds. The topological polar surface area (TPSA) is 95.9 Å². The van der Waals surface area contributed by atoms with E-state index >= 15 is 0 Å². The fourth-order valence-electron chi connectivity index (χ4n) is 4.08. The fourth-order valence-corrected chi connectivity index (χ4v) is 4.08. The first-order chi connectivity index (χ1) is 13.5. The van der Waals surface area contributed by atoms with Gasteiger partial charge in [0.25, 0.3) is 5.56 Å². The van der Waals surface area contributed by atoms with Crippen molar-refractivity contribution in [3.05, 3.63) is 40.4 Å². The van der Waals surface area contributed by atoms with Gasteiger partial charge in [0.2, 0.25) is 11.8 Å². The molecule has 7 nitrogen and oxygen atoms in total. The fraction of sp³-hybridized carbons (Fsp3) is 0.429. The van der Waals surface area contributed by atoms with E-state index in [0.29, 0.717) is 23.0 Å². The van der Waals surface area contributed by atoms with Gasteiger partial charge in [0.05, 0.1) is 12.8 Å². The van der Waals surface area contributed by atoms with Crippen molar-refractivity contribution in [1.29, 1.82) is 0 Å². The Bertz CT molecular complexity index is 1070. The van der Waals surface area contributed by atoms with Crippen molar-refractivity contribution in [2.24, 2.45) is 5.92 Å². The van der Waals surface area contributed by atoms with Crippen LogP contribution in [0.5, 0.6) is 5.88 Å². The molecule has 0 aliphatic heterocycles. The lowest BCUT2D eigenvalue weighted by atomic mass is 9.87. The molecule has 28 heavy (non-hydrogen) atoms. The Morgan fingerprint density at radius 3 is 2.57 bits per heavy atom. The molecular weight excluding hydrogens is 354 g/mol. The monoisotopic (exact) mass is 379 g/mol. The second-order valence-electron chi connectivity index (χ2n) is 7.64. The van der Waals surface area contributed by atoms with Crippen LogP contribution in [0.3, 0.4) is 0 Å². The number of nitrogen functional groups attached to an aromatic ring is 1. The highest BCUT2D eigenvalue weighted by molar-refractivity contribution is 5.84. The Balaban J connectivity index is 1.96. The minimum Gasteiger partial charge on any atom is -0.481 e. The number of aryl methyl sites for hydroxylation is 1. The first kappa shape index (κ1) is 18.4. The molecule has 3 aromatic rings. The van der Waals surface area contributed by atoms with Crippen LogP contribution in [-0.2, 0) is 0 Å². The summed E-state index contributed by atoms with van der Waals surface area (Å²) in [4.78, 5) is 26.6. The lowest BCUT2D eigenvalue weighted by molar-refractivity contribution is 0.289. The molecule has 3 heterocycles. The molecule has 3 aromatic heterocycles. The van der Waals surface area contributed by atoms with Gasteiger partial charge in [-0.25, -0.2) is 9.97 Å². The second kappa shape index (κ2) is 7.22. The minimum atomic E-state index is -0.0588. The van der Waals surface area contributed by atoms with Crippen molar-refractivity contribution >= 4 is 17.0 Å². The molecule has 0 atom stereocenters. The molecule has 0 unspecified atom stereocenters. The van der Waals surface area contributed by atoms with Crippen LogP contribution >= 0.6 is 0 Å². The zero-order valence-corrected chi connectivity index (χ0v) is 16.5. The number of anilines is 1. The highest BCUT2D eigenvalue weighted by atomic mass is 16.5. The Morgan fingerprint density at radius 2 is 1.93 bits per heavy atom. The number of hydrogen-bond acceptors (Lipinski definition) is 6. The van der Waals surface area contributed by atoms with E-state index in [2.05, 4.69) is 21.9 Å². The van der Waals surface area contributed by atoms with Crippen LogP contribution in [0.15, 0.2) is 29.2 Å². The number of pyridine rings is 2. The molecule has 1 aliphatic rings. The molecule has 0 spiro atoms. The molecular formula is C21H25N5O2. The van der Waals surface area contributed by atoms with Crippen molar-refractivity contribution in [1.82, 2.24) is 19.5 Å². The number of fused-ring (bicyclic) bond motifs is 1. The lowest BCUT2D eigenvalue weighted by Gasteiger charge is -2.29. The zero-order chi connectivity index (χ0) is 19.8. The van der Waals surface area contributed by atoms with E-state index in [1.807, 2.05) is 23.6 Å². The molecule has 1 fully saturated rings. The normalized spacial score (nSPS) is 19.7. The maximum absolute atomic E-state index is 13.5. The van der Waals surface area contributed by atoms with Gasteiger partial charge in [0, 0.05) is 34.8 Å². The van der Waals surface area contributed by atoms with Gasteiger partial charge in [-0.3, -0.25) is 9.36 Å². The largest absolute Gasteiger partial charge is 0.481 e. The van der Waals surface area contributed by atoms with Crippen molar-refractivity contribution in [2.75, 3.05) is 12.8 Å². The third-order valence-corrected chi connectivity index (χ3v) is 5.71. The van der Waals surface area contributed by atoms with Crippen LogP contribution in [0.25, 0.3) is 22.2 Å². The van der Waals surface area contributed by atoms with Crippen molar-refractivity contribution in [2.45, 2.75) is 45.6 Å². The van der Waals surface area contributed by atoms with Crippen LogP contribution in [0.4, 0.5) is 5.95 Å². The summed E-state index contributed by atoms with van der Waals surface area (Å²) < 4.78 is 6.98. The van der Waals surface area contributed by atoms with Gasteiger partial charge in [-0.15, -0.1) is 0 Å². The van der Waals surface area contributed by atoms with E-state index in [1.54, 1.807) is 19.4 Å². The number of hydrogen-bond donors (Lipinski definition) is 1. The number of nitrogens with two attached hydrogens (primary N) is 1. The quantitative estimate of drug-likeness (QED) is 0.748. The predicted molar refractivity (Wildman–Crippen MR) is 109 cm³/mol. The molecule has 4 rings (SSSR count). The van der Waals surface area contributed by atoms with Crippen LogP contribution in [0.2, 0.25) is 0 Å². The second-order valence-corrected chi connectivity index (χ2v) is 7.64. The average molecular weight is 379 g/mol. The number of aromatic nitrogens is 4. The number of methoxy groups -OCH3 is 1. The highest BCUT2D eigenvalue weighted by Crippen LogP contribution is 2.34. The summed E-state index contributed by atoms with van der Waals surface area (Å²) in [6.45, 7) is 4.16. The van der Waals surface area contributed by atoms with E-state index in [4.69, 9.17) is 10.5 Å². The number of ether oxygens (including phenoxy) is 1.